The van der Waals surface area contributed by atoms with E-state index in [0.29, 0.717) is 25.8 Å². The zero-order valence-electron chi connectivity index (χ0n) is 10.8. The number of rotatable bonds is 4. The molecule has 2 aromatic carbocycles. The van der Waals surface area contributed by atoms with E-state index in [-0.39, 0.29) is 6.04 Å². The minimum Gasteiger partial charge on any atom is -0.376 e. The van der Waals surface area contributed by atoms with Gasteiger partial charge in [0.25, 0.3) is 0 Å². The van der Waals surface area contributed by atoms with Crippen molar-refractivity contribution in [2.45, 2.75) is 19.4 Å². The van der Waals surface area contributed by atoms with Crippen molar-refractivity contribution in [1.29, 1.82) is 0 Å². The first-order valence-electron chi connectivity index (χ1n) is 6.17. The van der Waals surface area contributed by atoms with Crippen LogP contribution < -0.4 is 5.32 Å². The summed E-state index contributed by atoms with van der Waals surface area (Å²) in [5, 5.41) is 5.61. The van der Waals surface area contributed by atoms with Gasteiger partial charge in [0.2, 0.25) is 0 Å². The van der Waals surface area contributed by atoms with E-state index in [1.54, 1.807) is 12.1 Å². The molecule has 0 amide bonds. The van der Waals surface area contributed by atoms with Gasteiger partial charge in [-0.2, -0.15) is 0 Å². The number of halogens is 4. The van der Waals surface area contributed by atoms with Crippen molar-refractivity contribution >= 4 is 52.1 Å². The van der Waals surface area contributed by atoms with E-state index in [2.05, 4.69) is 12.2 Å². The van der Waals surface area contributed by atoms with Crippen LogP contribution in [0.3, 0.4) is 0 Å². The lowest BCUT2D eigenvalue weighted by molar-refractivity contribution is 0.749. The third kappa shape index (κ3) is 3.73. The summed E-state index contributed by atoms with van der Waals surface area (Å²) in [5.41, 5.74) is 1.82. The summed E-state index contributed by atoms with van der Waals surface area (Å²) in [4.78, 5) is 0. The average molecular weight is 349 g/mol. The molecule has 0 bridgehead atoms. The highest BCUT2D eigenvalue weighted by Gasteiger charge is 2.14. The summed E-state index contributed by atoms with van der Waals surface area (Å²) in [6.45, 7) is 2.09. The van der Waals surface area contributed by atoms with E-state index in [4.69, 9.17) is 46.4 Å². The molecule has 5 heteroatoms. The molecule has 0 aliphatic carbocycles. The maximum atomic E-state index is 6.20. The number of hydrogen-bond acceptors (Lipinski definition) is 1. The minimum atomic E-state index is 0.100. The first-order valence-corrected chi connectivity index (χ1v) is 7.69. The molecule has 20 heavy (non-hydrogen) atoms. The SMILES string of the molecule is CCC(Nc1c(Cl)cc(Cl)cc1Cl)c1ccc(Cl)cc1. The Balaban J connectivity index is 2.29. The fourth-order valence-corrected chi connectivity index (χ4v) is 3.02. The Morgan fingerprint density at radius 3 is 1.95 bits per heavy atom. The van der Waals surface area contributed by atoms with Crippen LogP contribution in [0, 0.1) is 0 Å². The largest absolute Gasteiger partial charge is 0.376 e. The van der Waals surface area contributed by atoms with Crippen molar-refractivity contribution in [3.8, 4) is 0 Å². The van der Waals surface area contributed by atoms with E-state index in [9.17, 15) is 0 Å². The molecule has 0 fully saturated rings. The van der Waals surface area contributed by atoms with Crippen molar-refractivity contribution < 1.29 is 0 Å². The van der Waals surface area contributed by atoms with Crippen LogP contribution in [0.2, 0.25) is 20.1 Å². The van der Waals surface area contributed by atoms with E-state index in [1.807, 2.05) is 24.3 Å². The average Bonchev–Trinajstić information content (AvgIpc) is 2.39. The first-order chi connectivity index (χ1) is 9.51. The quantitative estimate of drug-likeness (QED) is 0.636. The van der Waals surface area contributed by atoms with Crippen LogP contribution in [-0.2, 0) is 0 Å². The Morgan fingerprint density at radius 2 is 1.45 bits per heavy atom. The van der Waals surface area contributed by atoms with Crippen LogP contribution in [0.4, 0.5) is 5.69 Å². The predicted octanol–water partition coefficient (Wildman–Crippen LogP) is 6.86. The maximum absolute atomic E-state index is 6.20. The van der Waals surface area contributed by atoms with Crippen LogP contribution in [0.5, 0.6) is 0 Å². The van der Waals surface area contributed by atoms with E-state index < -0.39 is 0 Å². The molecule has 0 spiro atoms. The van der Waals surface area contributed by atoms with E-state index in [1.165, 1.54) is 0 Å². The molecular weight excluding hydrogens is 336 g/mol. The Bertz CT molecular complexity index is 572. The van der Waals surface area contributed by atoms with Crippen molar-refractivity contribution in [2.75, 3.05) is 5.32 Å². The van der Waals surface area contributed by atoms with Crippen molar-refractivity contribution in [2.24, 2.45) is 0 Å². The number of benzene rings is 2. The molecule has 1 nitrogen and oxygen atoms in total. The molecule has 2 rings (SSSR count). The highest BCUT2D eigenvalue weighted by molar-refractivity contribution is 6.41. The van der Waals surface area contributed by atoms with Gasteiger partial charge in [0, 0.05) is 10.0 Å². The summed E-state index contributed by atoms with van der Waals surface area (Å²) in [6, 6.07) is 11.2. The summed E-state index contributed by atoms with van der Waals surface area (Å²) >= 11 is 24.2. The van der Waals surface area contributed by atoms with Gasteiger partial charge >= 0.3 is 0 Å². The zero-order valence-corrected chi connectivity index (χ0v) is 13.8. The zero-order chi connectivity index (χ0) is 14.7. The Morgan fingerprint density at radius 1 is 0.900 bits per heavy atom. The van der Waals surface area contributed by atoms with Crippen LogP contribution in [0.1, 0.15) is 24.9 Å². The second kappa shape index (κ2) is 6.91. The molecular formula is C15H13Cl4N. The maximum Gasteiger partial charge on any atom is 0.0724 e. The highest BCUT2D eigenvalue weighted by Crippen LogP contribution is 2.36. The van der Waals surface area contributed by atoms with Gasteiger partial charge in [-0.25, -0.2) is 0 Å². The van der Waals surface area contributed by atoms with Gasteiger partial charge in [0.1, 0.15) is 0 Å². The van der Waals surface area contributed by atoms with E-state index in [0.717, 1.165) is 12.0 Å². The highest BCUT2D eigenvalue weighted by atomic mass is 35.5. The molecule has 1 atom stereocenters. The van der Waals surface area contributed by atoms with Crippen molar-refractivity contribution in [3.63, 3.8) is 0 Å². The number of nitrogens with one attached hydrogen (secondary N) is 1. The van der Waals surface area contributed by atoms with Crippen LogP contribution in [0.25, 0.3) is 0 Å². The standard InChI is InChI=1S/C15H13Cl4N/c1-2-14(9-3-5-10(16)6-4-9)20-15-12(18)7-11(17)8-13(15)19/h3-8,14,20H,2H2,1H3. The van der Waals surface area contributed by atoms with Gasteiger partial charge in [0.15, 0.2) is 0 Å². The van der Waals surface area contributed by atoms with Crippen LogP contribution >= 0.6 is 46.4 Å². The lowest BCUT2D eigenvalue weighted by Crippen LogP contribution is -2.10. The summed E-state index contributed by atoms with van der Waals surface area (Å²) < 4.78 is 0. The lowest BCUT2D eigenvalue weighted by atomic mass is 10.0. The predicted molar refractivity (Wildman–Crippen MR) is 89.6 cm³/mol. The smallest absolute Gasteiger partial charge is 0.0724 e. The number of anilines is 1. The van der Waals surface area contributed by atoms with Gasteiger partial charge in [-0.05, 0) is 36.2 Å². The topological polar surface area (TPSA) is 12.0 Å². The third-order valence-corrected chi connectivity index (χ3v) is 4.07. The van der Waals surface area contributed by atoms with Gasteiger partial charge in [-0.15, -0.1) is 0 Å². The summed E-state index contributed by atoms with van der Waals surface area (Å²) in [5.74, 6) is 0. The van der Waals surface area contributed by atoms with Gasteiger partial charge in [0.05, 0.1) is 21.8 Å². The van der Waals surface area contributed by atoms with Gasteiger partial charge in [-0.3, -0.25) is 0 Å². The molecule has 106 valence electrons. The second-order valence-corrected chi connectivity index (χ2v) is 6.09. The molecule has 0 saturated heterocycles. The Labute approximate surface area is 138 Å². The molecule has 0 aromatic heterocycles. The molecule has 0 aliphatic rings. The summed E-state index contributed by atoms with van der Waals surface area (Å²) in [7, 11) is 0. The molecule has 2 aromatic rings. The van der Waals surface area contributed by atoms with E-state index >= 15 is 0 Å². The fourth-order valence-electron chi connectivity index (χ4n) is 1.97. The van der Waals surface area contributed by atoms with Crippen molar-refractivity contribution in [3.05, 3.63) is 62.1 Å². The summed E-state index contributed by atoms with van der Waals surface area (Å²) in [6.07, 6.45) is 0.886. The molecule has 0 aliphatic heterocycles. The Kier molecular flexibility index (Phi) is 5.45. The molecule has 0 radical (unpaired) electrons. The second-order valence-electron chi connectivity index (χ2n) is 4.40. The van der Waals surface area contributed by atoms with Crippen molar-refractivity contribution in [1.82, 2.24) is 0 Å². The number of hydrogen-bond donors (Lipinski definition) is 1. The minimum absolute atomic E-state index is 0.100. The molecule has 0 saturated carbocycles. The van der Waals surface area contributed by atoms with Crippen LogP contribution in [-0.4, -0.2) is 0 Å². The fraction of sp³-hybridized carbons (Fsp3) is 0.200. The van der Waals surface area contributed by atoms with Gasteiger partial charge < -0.3 is 5.32 Å². The molecule has 0 heterocycles. The molecule has 1 unspecified atom stereocenters. The van der Waals surface area contributed by atoms with Crippen LogP contribution in [0.15, 0.2) is 36.4 Å². The van der Waals surface area contributed by atoms with Gasteiger partial charge in [-0.1, -0.05) is 65.5 Å². The molecule has 1 N–H and O–H groups in total. The normalized spacial score (nSPS) is 12.2. The monoisotopic (exact) mass is 347 g/mol. The first kappa shape index (κ1) is 15.8. The lowest BCUT2D eigenvalue weighted by Gasteiger charge is -2.21. The third-order valence-electron chi connectivity index (χ3n) is 3.01. The Hall–Kier alpha value is -0.600.